The maximum absolute atomic E-state index is 12.9. The lowest BCUT2D eigenvalue weighted by molar-refractivity contribution is -0.991. The molecule has 0 saturated heterocycles. The molecule has 0 fully saturated rings. The van der Waals surface area contributed by atoms with Crippen LogP contribution in [0.15, 0.2) is 54.1 Å². The van der Waals surface area contributed by atoms with Gasteiger partial charge in [0.05, 0.1) is 17.6 Å². The van der Waals surface area contributed by atoms with E-state index >= 15 is 0 Å². The van der Waals surface area contributed by atoms with Crippen molar-refractivity contribution in [3.05, 3.63) is 69.6 Å². The number of aromatic amines is 1. The quantitative estimate of drug-likeness (QED) is 0.112. The number of Topliss-reactive ketones (excluding diaryl/α,β-unsaturated/α-hetero) is 1. The van der Waals surface area contributed by atoms with Crippen LogP contribution in [0.5, 0.6) is 0 Å². The number of quaternary nitrogens is 1. The lowest BCUT2D eigenvalue weighted by Crippen LogP contribution is -2.99. The summed E-state index contributed by atoms with van der Waals surface area (Å²) in [4.78, 5) is 28.3. The number of rotatable bonds is 6. The molecule has 144 valence electrons. The fraction of sp³-hybridized carbons (Fsp3) is 0.105. The van der Waals surface area contributed by atoms with Gasteiger partial charge in [0, 0.05) is 23.9 Å². The summed E-state index contributed by atoms with van der Waals surface area (Å²) in [5.74, 6) is -1.31. The van der Waals surface area contributed by atoms with Crippen LogP contribution in [0.1, 0.15) is 17.3 Å². The monoisotopic (exact) mass is 399 g/mol. The van der Waals surface area contributed by atoms with Gasteiger partial charge in [-0.25, -0.2) is 10.0 Å². The Balaban J connectivity index is 2.18. The zero-order valence-electron chi connectivity index (χ0n) is 14.8. The number of H-pyrrole nitrogens is 1. The van der Waals surface area contributed by atoms with Crippen LogP contribution in [0, 0.1) is 9.98 Å². The van der Waals surface area contributed by atoms with Gasteiger partial charge in [-0.15, -0.1) is 0 Å². The maximum atomic E-state index is 12.9. The Morgan fingerprint density at radius 1 is 1.29 bits per heavy atom. The molecule has 1 unspecified atom stereocenters. The molecule has 0 spiro atoms. The van der Waals surface area contributed by atoms with Crippen molar-refractivity contribution in [2.45, 2.75) is 6.92 Å². The summed E-state index contributed by atoms with van der Waals surface area (Å²) in [6.45, 7) is 1.74. The van der Waals surface area contributed by atoms with Gasteiger partial charge in [-0.3, -0.25) is 9.36 Å². The van der Waals surface area contributed by atoms with Gasteiger partial charge in [-0.2, -0.15) is 5.23 Å². The van der Waals surface area contributed by atoms with Crippen molar-refractivity contribution in [3.8, 4) is 0 Å². The molecule has 0 amide bonds. The molecule has 0 aliphatic carbocycles. The summed E-state index contributed by atoms with van der Waals surface area (Å²) in [6.07, 6.45) is 1.28. The second kappa shape index (κ2) is 8.28. The largest absolute Gasteiger partial charge is 0.595 e. The van der Waals surface area contributed by atoms with E-state index in [1.165, 1.54) is 22.9 Å². The van der Waals surface area contributed by atoms with Crippen LogP contribution in [-0.4, -0.2) is 33.1 Å². The predicted molar refractivity (Wildman–Crippen MR) is 105 cm³/mol. The third kappa shape index (κ3) is 3.92. The molecule has 3 N–H and O–H groups in total. The average Bonchev–Trinajstić information content (AvgIpc) is 3.00. The lowest BCUT2D eigenvalue weighted by atomic mass is 10.0. The van der Waals surface area contributed by atoms with Crippen LogP contribution >= 0.6 is 12.2 Å². The van der Waals surface area contributed by atoms with Gasteiger partial charge in [0.15, 0.2) is 10.5 Å². The Hall–Kier alpha value is -3.11. The molecular formula is C19H17N3O5S. The highest BCUT2D eigenvalue weighted by atomic mass is 32.1. The van der Waals surface area contributed by atoms with Crippen LogP contribution < -0.4 is 5.23 Å². The van der Waals surface area contributed by atoms with E-state index in [4.69, 9.17) is 17.0 Å². The first kappa shape index (κ1) is 19.6. The molecule has 3 rings (SSSR count). The van der Waals surface area contributed by atoms with Gasteiger partial charge in [0.1, 0.15) is 5.57 Å². The number of benzene rings is 2. The number of hydrogen-bond acceptors (Lipinski definition) is 6. The molecule has 2 aromatic carbocycles. The number of ketones is 1. The normalized spacial score (nSPS) is 12.8. The van der Waals surface area contributed by atoms with Crippen molar-refractivity contribution < 1.29 is 24.8 Å². The van der Waals surface area contributed by atoms with E-state index in [0.29, 0.717) is 16.6 Å². The standard InChI is InChI=1S/C19H17N3O5S/c1-2-27-18(24)14(17(23)12-6-4-3-5-7-12)11-21-16-10-13(22(25)26)8-9-15(16)20-19(21)28/h3-11,22,25H,2H2,1H3,(H,20,28)/b14-11-. The van der Waals surface area contributed by atoms with Crippen LogP contribution in [0.25, 0.3) is 17.2 Å². The minimum atomic E-state index is -1.10. The number of carbonyl (C=O) groups is 2. The van der Waals surface area contributed by atoms with Gasteiger partial charge in [-0.1, -0.05) is 30.3 Å². The van der Waals surface area contributed by atoms with E-state index in [9.17, 15) is 20.0 Å². The first-order chi connectivity index (χ1) is 13.4. The number of carbonyl (C=O) groups excluding carboxylic acids is 2. The summed E-state index contributed by atoms with van der Waals surface area (Å²) in [5, 5.41) is 19.4. The third-order valence-corrected chi connectivity index (χ3v) is 4.30. The Kier molecular flexibility index (Phi) is 5.81. The minimum Gasteiger partial charge on any atom is -0.595 e. The number of aromatic nitrogens is 2. The number of esters is 1. The number of nitrogens with one attached hydrogen (secondary N) is 2. The second-order valence-electron chi connectivity index (χ2n) is 5.80. The summed E-state index contributed by atoms with van der Waals surface area (Å²) >= 11 is 5.29. The van der Waals surface area contributed by atoms with Crippen molar-refractivity contribution in [1.82, 2.24) is 9.55 Å². The van der Waals surface area contributed by atoms with E-state index in [2.05, 4.69) is 4.98 Å². The first-order valence-electron chi connectivity index (χ1n) is 8.38. The van der Waals surface area contributed by atoms with E-state index in [0.717, 1.165) is 0 Å². The average molecular weight is 399 g/mol. The third-order valence-electron chi connectivity index (χ3n) is 4.00. The highest BCUT2D eigenvalue weighted by Crippen LogP contribution is 2.20. The Labute approximate surface area is 164 Å². The molecule has 1 heterocycles. The van der Waals surface area contributed by atoms with Crippen molar-refractivity contribution >= 4 is 46.9 Å². The molecule has 8 nitrogen and oxygen atoms in total. The molecular weight excluding hydrogens is 382 g/mol. The summed E-state index contributed by atoms with van der Waals surface area (Å²) < 4.78 is 6.63. The highest BCUT2D eigenvalue weighted by molar-refractivity contribution is 7.71. The highest BCUT2D eigenvalue weighted by Gasteiger charge is 2.22. The van der Waals surface area contributed by atoms with Gasteiger partial charge < -0.3 is 14.9 Å². The SMILES string of the molecule is CCOC(=O)/C(=C\n1c(=S)[nH]c2ccc([NH+]([O-])O)cc21)C(=O)c1ccccc1. The van der Waals surface area contributed by atoms with Gasteiger partial charge >= 0.3 is 5.97 Å². The molecule has 1 atom stereocenters. The minimum absolute atomic E-state index is 0.0516. The molecule has 0 aliphatic rings. The van der Waals surface area contributed by atoms with Gasteiger partial charge in [0.2, 0.25) is 5.78 Å². The van der Waals surface area contributed by atoms with E-state index in [1.807, 2.05) is 0 Å². The molecule has 0 saturated carbocycles. The molecule has 0 radical (unpaired) electrons. The van der Waals surface area contributed by atoms with Gasteiger partial charge in [0.25, 0.3) is 0 Å². The molecule has 1 aromatic heterocycles. The van der Waals surface area contributed by atoms with Crippen molar-refractivity contribution in [2.24, 2.45) is 0 Å². The first-order valence-corrected chi connectivity index (χ1v) is 8.79. The van der Waals surface area contributed by atoms with Crippen LogP contribution in [-0.2, 0) is 9.53 Å². The summed E-state index contributed by atoms with van der Waals surface area (Å²) in [6, 6.07) is 12.7. The molecule has 0 bridgehead atoms. The van der Waals surface area contributed by atoms with E-state index in [1.54, 1.807) is 43.3 Å². The Bertz CT molecular complexity index is 1120. The number of fused-ring (bicyclic) bond motifs is 1. The zero-order chi connectivity index (χ0) is 20.3. The fourth-order valence-corrected chi connectivity index (χ4v) is 2.93. The topological polar surface area (TPSA) is 112 Å². The number of nitrogens with zero attached hydrogens (tertiary/aromatic N) is 1. The molecule has 3 aromatic rings. The van der Waals surface area contributed by atoms with Crippen molar-refractivity contribution in [1.29, 1.82) is 0 Å². The smallest absolute Gasteiger partial charge is 0.343 e. The van der Waals surface area contributed by atoms with E-state index < -0.39 is 17.0 Å². The molecule has 28 heavy (non-hydrogen) atoms. The van der Waals surface area contributed by atoms with Crippen LogP contribution in [0.4, 0.5) is 5.69 Å². The number of hydrogen-bond donors (Lipinski definition) is 3. The Morgan fingerprint density at radius 3 is 2.64 bits per heavy atom. The van der Waals surface area contributed by atoms with Crippen LogP contribution in [0.3, 0.4) is 0 Å². The number of imidazole rings is 1. The molecule has 9 heteroatoms. The van der Waals surface area contributed by atoms with E-state index in [-0.39, 0.29) is 22.6 Å². The number of ether oxygens (including phenoxy) is 1. The Morgan fingerprint density at radius 2 is 2.00 bits per heavy atom. The second-order valence-corrected chi connectivity index (χ2v) is 6.18. The van der Waals surface area contributed by atoms with Crippen molar-refractivity contribution in [2.75, 3.05) is 6.61 Å². The predicted octanol–water partition coefficient (Wildman–Crippen LogP) is 2.39. The zero-order valence-corrected chi connectivity index (χ0v) is 15.7. The van der Waals surface area contributed by atoms with Crippen LogP contribution in [0.2, 0.25) is 0 Å². The molecule has 0 aliphatic heterocycles. The fourth-order valence-electron chi connectivity index (χ4n) is 2.67. The summed E-state index contributed by atoms with van der Waals surface area (Å²) in [5.41, 5.74) is 1.15. The summed E-state index contributed by atoms with van der Waals surface area (Å²) in [7, 11) is 0. The van der Waals surface area contributed by atoms with Crippen molar-refractivity contribution in [3.63, 3.8) is 0 Å². The van der Waals surface area contributed by atoms with Gasteiger partial charge in [-0.05, 0) is 25.2 Å². The maximum Gasteiger partial charge on any atom is 0.343 e. The lowest BCUT2D eigenvalue weighted by Gasteiger charge is -2.11.